The fourth-order valence-electron chi connectivity index (χ4n) is 2.62. The van der Waals surface area contributed by atoms with Gasteiger partial charge in [0.05, 0.1) is 11.6 Å². The molecule has 25 heavy (non-hydrogen) atoms. The Balaban J connectivity index is 1.82. The zero-order valence-corrected chi connectivity index (χ0v) is 14.2. The first-order chi connectivity index (χ1) is 12.1. The van der Waals surface area contributed by atoms with Crippen molar-refractivity contribution in [3.8, 4) is 6.07 Å². The molecule has 0 saturated heterocycles. The van der Waals surface area contributed by atoms with Gasteiger partial charge in [-0.3, -0.25) is 0 Å². The molecular formula is C20H19N5. The second-order valence-corrected chi connectivity index (χ2v) is 5.94. The number of nitrogens with two attached hydrogens (primary N) is 1. The van der Waals surface area contributed by atoms with Crippen molar-refractivity contribution in [1.29, 1.82) is 5.26 Å². The molecule has 0 amide bonds. The molecule has 0 aliphatic carbocycles. The molecule has 0 fully saturated rings. The Morgan fingerprint density at radius 1 is 1.08 bits per heavy atom. The van der Waals surface area contributed by atoms with Crippen molar-refractivity contribution >= 4 is 17.2 Å². The van der Waals surface area contributed by atoms with Crippen molar-refractivity contribution in [3.63, 3.8) is 0 Å². The van der Waals surface area contributed by atoms with E-state index in [4.69, 9.17) is 11.0 Å². The average molecular weight is 329 g/mol. The SMILES string of the molecule is Cc1ccc(N)c(C)c1Nc1ccnc(Cc2ccc(C#N)cc2)n1. The number of aryl methyl sites for hydroxylation is 1. The van der Waals surface area contributed by atoms with E-state index in [9.17, 15) is 0 Å². The number of benzene rings is 2. The topological polar surface area (TPSA) is 87.6 Å². The Bertz CT molecular complexity index is 939. The lowest BCUT2D eigenvalue weighted by Crippen LogP contribution is -2.04. The van der Waals surface area contributed by atoms with E-state index in [-0.39, 0.29) is 0 Å². The summed E-state index contributed by atoms with van der Waals surface area (Å²) in [6, 6.07) is 15.3. The highest BCUT2D eigenvalue weighted by Gasteiger charge is 2.08. The molecule has 3 rings (SSSR count). The van der Waals surface area contributed by atoms with Gasteiger partial charge in [-0.15, -0.1) is 0 Å². The third kappa shape index (κ3) is 3.75. The summed E-state index contributed by atoms with van der Waals surface area (Å²) >= 11 is 0. The van der Waals surface area contributed by atoms with Gasteiger partial charge in [-0.25, -0.2) is 9.97 Å². The Kier molecular flexibility index (Phi) is 4.62. The highest BCUT2D eigenvalue weighted by molar-refractivity contribution is 5.71. The van der Waals surface area contributed by atoms with Gasteiger partial charge < -0.3 is 11.1 Å². The number of nitriles is 1. The lowest BCUT2D eigenvalue weighted by molar-refractivity contribution is 0.971. The summed E-state index contributed by atoms with van der Waals surface area (Å²) in [4.78, 5) is 8.93. The Hall–Kier alpha value is -3.39. The Morgan fingerprint density at radius 2 is 1.84 bits per heavy atom. The highest BCUT2D eigenvalue weighted by Crippen LogP contribution is 2.27. The lowest BCUT2D eigenvalue weighted by atomic mass is 10.1. The van der Waals surface area contributed by atoms with Crippen molar-refractivity contribution in [2.24, 2.45) is 0 Å². The standard InChI is InChI=1S/C20H19N5/c1-13-3-8-17(22)14(2)20(13)25-18-9-10-23-19(24-18)11-15-4-6-16(12-21)7-5-15/h3-10H,11,22H2,1-2H3,(H,23,24,25). The van der Waals surface area contributed by atoms with Gasteiger partial charge in [0.1, 0.15) is 11.6 Å². The molecule has 0 aliphatic heterocycles. The van der Waals surface area contributed by atoms with Crippen LogP contribution in [0.4, 0.5) is 17.2 Å². The number of hydrogen-bond donors (Lipinski definition) is 2. The van der Waals surface area contributed by atoms with Crippen LogP contribution in [0.25, 0.3) is 0 Å². The van der Waals surface area contributed by atoms with Gasteiger partial charge in [-0.1, -0.05) is 18.2 Å². The van der Waals surface area contributed by atoms with Crippen LogP contribution in [0.2, 0.25) is 0 Å². The van der Waals surface area contributed by atoms with Crippen LogP contribution in [-0.4, -0.2) is 9.97 Å². The van der Waals surface area contributed by atoms with E-state index in [1.54, 1.807) is 18.3 Å². The van der Waals surface area contributed by atoms with Crippen molar-refractivity contribution in [3.05, 3.63) is 76.7 Å². The fraction of sp³-hybridized carbons (Fsp3) is 0.150. The monoisotopic (exact) mass is 329 g/mol. The molecule has 3 N–H and O–H groups in total. The van der Waals surface area contributed by atoms with Crippen LogP contribution in [0, 0.1) is 25.2 Å². The fourth-order valence-corrected chi connectivity index (χ4v) is 2.62. The van der Waals surface area contributed by atoms with Crippen molar-refractivity contribution in [2.45, 2.75) is 20.3 Å². The first-order valence-electron chi connectivity index (χ1n) is 8.00. The van der Waals surface area contributed by atoms with Crippen LogP contribution in [0.1, 0.15) is 28.1 Å². The highest BCUT2D eigenvalue weighted by atomic mass is 15.0. The number of hydrogen-bond acceptors (Lipinski definition) is 5. The maximum absolute atomic E-state index is 8.87. The summed E-state index contributed by atoms with van der Waals surface area (Å²) in [5.41, 5.74) is 11.6. The van der Waals surface area contributed by atoms with Crippen molar-refractivity contribution < 1.29 is 0 Å². The van der Waals surface area contributed by atoms with Crippen molar-refractivity contribution in [2.75, 3.05) is 11.1 Å². The normalized spacial score (nSPS) is 10.3. The summed E-state index contributed by atoms with van der Waals surface area (Å²) in [7, 11) is 0. The molecule has 5 heteroatoms. The number of anilines is 3. The van der Waals surface area contributed by atoms with E-state index >= 15 is 0 Å². The Labute approximate surface area is 147 Å². The van der Waals surface area contributed by atoms with Crippen LogP contribution >= 0.6 is 0 Å². The van der Waals surface area contributed by atoms with Crippen LogP contribution < -0.4 is 11.1 Å². The van der Waals surface area contributed by atoms with Crippen LogP contribution in [0.15, 0.2) is 48.7 Å². The average Bonchev–Trinajstić information content (AvgIpc) is 2.63. The quantitative estimate of drug-likeness (QED) is 0.709. The molecule has 1 heterocycles. The summed E-state index contributed by atoms with van der Waals surface area (Å²) in [6.45, 7) is 4.02. The molecule has 1 aromatic heterocycles. The molecular weight excluding hydrogens is 310 g/mol. The second-order valence-electron chi connectivity index (χ2n) is 5.94. The number of nitrogen functional groups attached to an aromatic ring is 1. The first kappa shape index (κ1) is 16.5. The summed E-state index contributed by atoms with van der Waals surface area (Å²) in [5, 5.41) is 12.2. The zero-order chi connectivity index (χ0) is 17.8. The summed E-state index contributed by atoms with van der Waals surface area (Å²) in [6.07, 6.45) is 2.35. The van der Waals surface area contributed by atoms with E-state index in [0.717, 1.165) is 33.9 Å². The van der Waals surface area contributed by atoms with Crippen LogP contribution in [0.5, 0.6) is 0 Å². The van der Waals surface area contributed by atoms with Crippen molar-refractivity contribution in [1.82, 2.24) is 9.97 Å². The van der Waals surface area contributed by atoms with Crippen LogP contribution in [0.3, 0.4) is 0 Å². The first-order valence-corrected chi connectivity index (χ1v) is 8.00. The summed E-state index contributed by atoms with van der Waals surface area (Å²) < 4.78 is 0. The Morgan fingerprint density at radius 3 is 2.56 bits per heavy atom. The maximum Gasteiger partial charge on any atom is 0.135 e. The number of nitrogens with one attached hydrogen (secondary N) is 1. The smallest absolute Gasteiger partial charge is 0.135 e. The lowest BCUT2D eigenvalue weighted by Gasteiger charge is -2.14. The van der Waals surface area contributed by atoms with Gasteiger partial charge in [0.15, 0.2) is 0 Å². The predicted octanol–water partition coefficient (Wildman–Crippen LogP) is 3.88. The molecule has 0 unspecified atom stereocenters. The molecule has 0 atom stereocenters. The van der Waals surface area contributed by atoms with Gasteiger partial charge in [0, 0.05) is 24.0 Å². The van der Waals surface area contributed by atoms with E-state index in [1.807, 2.05) is 44.2 Å². The molecule has 5 nitrogen and oxygen atoms in total. The third-order valence-corrected chi connectivity index (χ3v) is 4.12. The molecule has 2 aromatic carbocycles. The minimum absolute atomic E-state index is 0.607. The minimum atomic E-state index is 0.607. The molecule has 3 aromatic rings. The molecule has 0 aliphatic rings. The molecule has 0 bridgehead atoms. The van der Waals surface area contributed by atoms with Gasteiger partial charge in [-0.05, 0) is 54.8 Å². The maximum atomic E-state index is 8.87. The number of rotatable bonds is 4. The van der Waals surface area contributed by atoms with Gasteiger partial charge in [0.25, 0.3) is 0 Å². The van der Waals surface area contributed by atoms with E-state index < -0.39 is 0 Å². The van der Waals surface area contributed by atoms with E-state index in [1.165, 1.54) is 0 Å². The molecule has 0 spiro atoms. The molecule has 0 radical (unpaired) electrons. The van der Waals surface area contributed by atoms with Gasteiger partial charge >= 0.3 is 0 Å². The zero-order valence-electron chi connectivity index (χ0n) is 14.2. The van der Waals surface area contributed by atoms with E-state index in [0.29, 0.717) is 17.8 Å². The third-order valence-electron chi connectivity index (χ3n) is 4.12. The van der Waals surface area contributed by atoms with Crippen LogP contribution in [-0.2, 0) is 6.42 Å². The molecule has 0 saturated carbocycles. The summed E-state index contributed by atoms with van der Waals surface area (Å²) in [5.74, 6) is 1.45. The molecule has 124 valence electrons. The minimum Gasteiger partial charge on any atom is -0.398 e. The number of aromatic nitrogens is 2. The largest absolute Gasteiger partial charge is 0.398 e. The second kappa shape index (κ2) is 7.02. The van der Waals surface area contributed by atoms with E-state index in [2.05, 4.69) is 21.4 Å². The predicted molar refractivity (Wildman–Crippen MR) is 99.6 cm³/mol. The van der Waals surface area contributed by atoms with Gasteiger partial charge in [-0.2, -0.15) is 5.26 Å². The number of nitrogens with zero attached hydrogens (tertiary/aromatic N) is 3. The van der Waals surface area contributed by atoms with Gasteiger partial charge in [0.2, 0.25) is 0 Å².